The Morgan fingerprint density at radius 2 is 2.15 bits per heavy atom. The second-order valence-corrected chi connectivity index (χ2v) is 2.27. The number of aliphatic carboxylic acids is 1. The van der Waals surface area contributed by atoms with Gasteiger partial charge in [0.2, 0.25) is 0 Å². The van der Waals surface area contributed by atoms with Gasteiger partial charge in [-0.3, -0.25) is 9.79 Å². The summed E-state index contributed by atoms with van der Waals surface area (Å²) in [5, 5.41) is 16.9. The lowest BCUT2D eigenvalue weighted by Crippen LogP contribution is -2.43. The molecule has 0 aromatic heterocycles. The van der Waals surface area contributed by atoms with Crippen LogP contribution in [-0.2, 0) is 9.59 Å². The molecular weight excluding hydrogens is 178 g/mol. The molecular formula is C6H11N3O4. The molecule has 2 unspecified atom stereocenters. The lowest BCUT2D eigenvalue weighted by atomic mass is 10.1. The first-order valence-electron chi connectivity index (χ1n) is 3.39. The topological polar surface area (TPSA) is 139 Å². The van der Waals surface area contributed by atoms with E-state index >= 15 is 0 Å². The van der Waals surface area contributed by atoms with Crippen LogP contribution in [-0.4, -0.2) is 47.0 Å². The molecule has 0 aromatic rings. The smallest absolute Gasteiger partial charge is 0.323 e. The van der Waals surface area contributed by atoms with E-state index in [0.717, 1.165) is 0 Å². The Balaban J connectivity index is 4.51. The van der Waals surface area contributed by atoms with Crippen molar-refractivity contribution in [2.75, 3.05) is 6.61 Å². The van der Waals surface area contributed by atoms with E-state index in [2.05, 4.69) is 4.99 Å². The van der Waals surface area contributed by atoms with Gasteiger partial charge in [0, 0.05) is 0 Å². The minimum atomic E-state index is -1.44. The lowest BCUT2D eigenvalue weighted by Gasteiger charge is -2.10. The number of carboxylic acid groups (broad SMARTS) is 1. The third-order valence-corrected chi connectivity index (χ3v) is 1.27. The van der Waals surface area contributed by atoms with Crippen molar-refractivity contribution in [3.8, 4) is 0 Å². The van der Waals surface area contributed by atoms with Gasteiger partial charge in [-0.15, -0.1) is 0 Å². The number of hydrogen-bond acceptors (Lipinski definition) is 5. The Hall–Kier alpha value is -1.47. The molecule has 0 saturated carbocycles. The van der Waals surface area contributed by atoms with Crippen LogP contribution in [0.2, 0.25) is 0 Å². The standard InChI is InChI=1S/C6H11N3O4/c7-4(2-11)9-3(1-10)5(8)6(12)13/h1,3,5,11H,2,8H2,(H2,7,9)(H,12,13). The number of carbonyl (C=O) groups is 2. The van der Waals surface area contributed by atoms with Gasteiger partial charge in [0.15, 0.2) is 0 Å². The summed E-state index contributed by atoms with van der Waals surface area (Å²) in [6.45, 7) is -0.545. The third kappa shape index (κ3) is 3.63. The fraction of sp³-hybridized carbons (Fsp3) is 0.500. The molecule has 74 valence electrons. The molecule has 7 nitrogen and oxygen atoms in total. The van der Waals surface area contributed by atoms with Crippen molar-refractivity contribution >= 4 is 18.1 Å². The summed E-state index contributed by atoms with van der Waals surface area (Å²) in [6.07, 6.45) is 0.265. The van der Waals surface area contributed by atoms with Crippen LogP contribution in [0, 0.1) is 0 Å². The monoisotopic (exact) mass is 189 g/mol. The summed E-state index contributed by atoms with van der Waals surface area (Å²) in [5.41, 5.74) is 10.2. The summed E-state index contributed by atoms with van der Waals surface area (Å²) in [4.78, 5) is 24.0. The van der Waals surface area contributed by atoms with Crippen LogP contribution in [0.4, 0.5) is 0 Å². The van der Waals surface area contributed by atoms with Crippen LogP contribution >= 0.6 is 0 Å². The summed E-state index contributed by atoms with van der Waals surface area (Å²) < 4.78 is 0. The number of carbonyl (C=O) groups excluding carboxylic acids is 1. The number of aliphatic hydroxyl groups excluding tert-OH is 1. The molecule has 0 spiro atoms. The maximum absolute atomic E-state index is 10.3. The van der Waals surface area contributed by atoms with Crippen molar-refractivity contribution in [1.29, 1.82) is 0 Å². The van der Waals surface area contributed by atoms with Crippen LogP contribution < -0.4 is 11.5 Å². The predicted octanol–water partition coefficient (Wildman–Crippen LogP) is -2.68. The van der Waals surface area contributed by atoms with E-state index in [1.54, 1.807) is 0 Å². The number of carboxylic acids is 1. The molecule has 0 heterocycles. The SMILES string of the molecule is NC(CO)=NC(C=O)C(N)C(=O)O. The van der Waals surface area contributed by atoms with Gasteiger partial charge >= 0.3 is 5.97 Å². The molecule has 13 heavy (non-hydrogen) atoms. The molecule has 2 atom stereocenters. The zero-order valence-corrected chi connectivity index (χ0v) is 6.75. The first-order valence-corrected chi connectivity index (χ1v) is 3.39. The largest absolute Gasteiger partial charge is 0.480 e. The van der Waals surface area contributed by atoms with E-state index in [1.165, 1.54) is 0 Å². The number of aliphatic hydroxyl groups is 1. The second-order valence-electron chi connectivity index (χ2n) is 2.27. The van der Waals surface area contributed by atoms with Crippen LogP contribution in [0.5, 0.6) is 0 Å². The number of rotatable bonds is 5. The molecule has 0 bridgehead atoms. The summed E-state index contributed by atoms with van der Waals surface area (Å²) in [5.74, 6) is -1.58. The molecule has 0 aliphatic carbocycles. The highest BCUT2D eigenvalue weighted by Gasteiger charge is 2.23. The van der Waals surface area contributed by atoms with Gasteiger partial charge in [-0.2, -0.15) is 0 Å². The summed E-state index contributed by atoms with van der Waals surface area (Å²) in [7, 11) is 0. The average molecular weight is 189 g/mol. The number of nitrogens with zero attached hydrogens (tertiary/aromatic N) is 1. The average Bonchev–Trinajstić information content (AvgIpc) is 2.12. The molecule has 0 aliphatic rings. The molecule has 0 rings (SSSR count). The highest BCUT2D eigenvalue weighted by Crippen LogP contribution is 1.93. The van der Waals surface area contributed by atoms with Crippen molar-refractivity contribution in [2.45, 2.75) is 12.1 Å². The van der Waals surface area contributed by atoms with Crippen molar-refractivity contribution < 1.29 is 19.8 Å². The fourth-order valence-corrected chi connectivity index (χ4v) is 0.574. The van der Waals surface area contributed by atoms with Crippen LogP contribution in [0.25, 0.3) is 0 Å². The Morgan fingerprint density at radius 3 is 2.46 bits per heavy atom. The quantitative estimate of drug-likeness (QED) is 0.211. The molecule has 0 amide bonds. The van der Waals surface area contributed by atoms with E-state index < -0.39 is 24.7 Å². The lowest BCUT2D eigenvalue weighted by molar-refractivity contribution is -0.139. The maximum Gasteiger partial charge on any atom is 0.323 e. The van der Waals surface area contributed by atoms with E-state index in [0.29, 0.717) is 0 Å². The molecule has 0 aromatic carbocycles. The van der Waals surface area contributed by atoms with Crippen LogP contribution in [0.15, 0.2) is 4.99 Å². The minimum absolute atomic E-state index is 0.228. The van der Waals surface area contributed by atoms with Crippen LogP contribution in [0.3, 0.4) is 0 Å². The summed E-state index contributed by atoms with van der Waals surface area (Å²) >= 11 is 0. The molecule has 0 fully saturated rings. The molecule has 0 saturated heterocycles. The summed E-state index contributed by atoms with van der Waals surface area (Å²) in [6, 6.07) is -2.70. The number of amidine groups is 1. The predicted molar refractivity (Wildman–Crippen MR) is 44.2 cm³/mol. The Bertz CT molecular complexity index is 228. The molecule has 7 heteroatoms. The highest BCUT2D eigenvalue weighted by atomic mass is 16.4. The number of hydrogen-bond donors (Lipinski definition) is 4. The maximum atomic E-state index is 10.3. The first kappa shape index (κ1) is 11.5. The van der Waals surface area contributed by atoms with Gasteiger partial charge in [-0.25, -0.2) is 0 Å². The zero-order chi connectivity index (χ0) is 10.4. The fourth-order valence-electron chi connectivity index (χ4n) is 0.574. The van der Waals surface area contributed by atoms with Gasteiger partial charge in [-0.05, 0) is 0 Å². The zero-order valence-electron chi connectivity index (χ0n) is 6.75. The van der Waals surface area contributed by atoms with E-state index in [9.17, 15) is 9.59 Å². The van der Waals surface area contributed by atoms with Crippen LogP contribution in [0.1, 0.15) is 0 Å². The van der Waals surface area contributed by atoms with Gasteiger partial charge < -0.3 is 26.5 Å². The third-order valence-electron chi connectivity index (χ3n) is 1.27. The normalized spacial score (nSPS) is 16.3. The van der Waals surface area contributed by atoms with E-state index in [-0.39, 0.29) is 12.1 Å². The van der Waals surface area contributed by atoms with E-state index in [1.807, 2.05) is 0 Å². The Morgan fingerprint density at radius 1 is 1.62 bits per heavy atom. The highest BCUT2D eigenvalue weighted by molar-refractivity contribution is 5.86. The van der Waals surface area contributed by atoms with Gasteiger partial charge in [0.1, 0.15) is 30.8 Å². The number of aldehydes is 1. The van der Waals surface area contributed by atoms with Gasteiger partial charge in [-0.1, -0.05) is 0 Å². The number of nitrogens with two attached hydrogens (primary N) is 2. The second kappa shape index (κ2) is 5.22. The number of aliphatic imine (C=N–C) groups is 1. The Kier molecular flexibility index (Phi) is 4.63. The van der Waals surface area contributed by atoms with Crippen molar-refractivity contribution in [2.24, 2.45) is 16.5 Å². The first-order chi connectivity index (χ1) is 6.02. The molecule has 0 radical (unpaired) electrons. The molecule has 0 aliphatic heterocycles. The van der Waals surface area contributed by atoms with Crippen molar-refractivity contribution in [1.82, 2.24) is 0 Å². The van der Waals surface area contributed by atoms with Crippen molar-refractivity contribution in [3.63, 3.8) is 0 Å². The Labute approximate surface area is 74.1 Å². The van der Waals surface area contributed by atoms with Crippen molar-refractivity contribution in [3.05, 3.63) is 0 Å². The van der Waals surface area contributed by atoms with Gasteiger partial charge in [0.25, 0.3) is 0 Å². The van der Waals surface area contributed by atoms with E-state index in [4.69, 9.17) is 21.7 Å². The van der Waals surface area contributed by atoms with Gasteiger partial charge in [0.05, 0.1) is 0 Å². The minimum Gasteiger partial charge on any atom is -0.480 e. The molecule has 6 N–H and O–H groups in total.